The van der Waals surface area contributed by atoms with Crippen molar-refractivity contribution in [2.45, 2.75) is 46.6 Å². The molecule has 2 aromatic rings. The first-order valence-electron chi connectivity index (χ1n) is 10.3. The second kappa shape index (κ2) is 12.8. The highest BCUT2D eigenvalue weighted by Gasteiger charge is 2.14. The van der Waals surface area contributed by atoms with Crippen molar-refractivity contribution in [1.82, 2.24) is 20.4 Å². The van der Waals surface area contributed by atoms with E-state index < -0.39 is 0 Å². The van der Waals surface area contributed by atoms with Gasteiger partial charge in [0.15, 0.2) is 5.96 Å². The molecule has 168 valence electrons. The quantitative estimate of drug-likeness (QED) is 0.224. The number of nitrogens with zero attached hydrogens (tertiary/aromatic N) is 4. The number of hydrogen-bond donors (Lipinski definition) is 2. The Balaban J connectivity index is 0.00000450. The van der Waals surface area contributed by atoms with Gasteiger partial charge >= 0.3 is 0 Å². The van der Waals surface area contributed by atoms with E-state index in [0.717, 1.165) is 37.6 Å². The Hall–Kier alpha value is -1.84. The van der Waals surface area contributed by atoms with Gasteiger partial charge in [0, 0.05) is 45.5 Å². The summed E-state index contributed by atoms with van der Waals surface area (Å²) in [6, 6.07) is 7.09. The van der Waals surface area contributed by atoms with Crippen LogP contribution in [-0.4, -0.2) is 48.5 Å². The van der Waals surface area contributed by atoms with Crippen LogP contribution in [0, 0.1) is 19.7 Å². The summed E-state index contributed by atoms with van der Waals surface area (Å²) in [4.78, 5) is 6.62. The Morgan fingerprint density at radius 1 is 1.30 bits per heavy atom. The van der Waals surface area contributed by atoms with Gasteiger partial charge in [-0.05, 0) is 58.2 Å². The van der Waals surface area contributed by atoms with Gasteiger partial charge < -0.3 is 15.5 Å². The van der Waals surface area contributed by atoms with Crippen LogP contribution in [0.3, 0.4) is 0 Å². The zero-order valence-corrected chi connectivity index (χ0v) is 21.3. The first-order valence-corrected chi connectivity index (χ1v) is 10.3. The van der Waals surface area contributed by atoms with E-state index in [2.05, 4.69) is 48.4 Å². The number of para-hydroxylation sites is 1. The topological polar surface area (TPSA) is 57.5 Å². The molecule has 2 N–H and O–H groups in total. The van der Waals surface area contributed by atoms with Gasteiger partial charge in [-0.1, -0.05) is 12.1 Å². The normalized spacial score (nSPS) is 12.3. The van der Waals surface area contributed by atoms with Crippen LogP contribution in [0.25, 0.3) is 0 Å². The molecule has 0 amide bonds. The number of aliphatic imine (C=N–C) groups is 1. The average molecular weight is 530 g/mol. The lowest BCUT2D eigenvalue weighted by Gasteiger charge is -2.20. The Kier molecular flexibility index (Phi) is 11.1. The van der Waals surface area contributed by atoms with Crippen LogP contribution in [-0.2, 0) is 13.5 Å². The summed E-state index contributed by atoms with van der Waals surface area (Å²) in [6.45, 7) is 10.6. The fraction of sp³-hybridized carbons (Fsp3) is 0.545. The zero-order chi connectivity index (χ0) is 21.4. The van der Waals surface area contributed by atoms with Gasteiger partial charge in [0.25, 0.3) is 0 Å². The monoisotopic (exact) mass is 530 g/mol. The van der Waals surface area contributed by atoms with E-state index in [1.807, 2.05) is 29.7 Å². The smallest absolute Gasteiger partial charge is 0.191 e. The minimum atomic E-state index is -0.191. The van der Waals surface area contributed by atoms with Gasteiger partial charge in [-0.15, -0.1) is 24.0 Å². The molecule has 0 bridgehead atoms. The van der Waals surface area contributed by atoms with Gasteiger partial charge in [0.2, 0.25) is 0 Å². The van der Waals surface area contributed by atoms with Crippen molar-refractivity contribution in [3.8, 4) is 0 Å². The fourth-order valence-electron chi connectivity index (χ4n) is 3.40. The third-order valence-electron chi connectivity index (χ3n) is 5.08. The molecule has 1 heterocycles. The highest BCUT2D eigenvalue weighted by atomic mass is 127. The minimum Gasteiger partial charge on any atom is -0.372 e. The molecule has 0 aliphatic rings. The van der Waals surface area contributed by atoms with Gasteiger partial charge in [-0.3, -0.25) is 9.67 Å². The molecular formula is C22H36FIN6. The van der Waals surface area contributed by atoms with E-state index in [1.165, 1.54) is 17.3 Å². The fourth-order valence-corrected chi connectivity index (χ4v) is 3.40. The lowest BCUT2D eigenvalue weighted by molar-refractivity contribution is 0.619. The molecule has 0 aliphatic heterocycles. The predicted molar refractivity (Wildman–Crippen MR) is 135 cm³/mol. The molecular weight excluding hydrogens is 494 g/mol. The Labute approximate surface area is 197 Å². The van der Waals surface area contributed by atoms with Crippen molar-refractivity contribution >= 4 is 35.6 Å². The summed E-state index contributed by atoms with van der Waals surface area (Å²) >= 11 is 0. The summed E-state index contributed by atoms with van der Waals surface area (Å²) in [7, 11) is 3.89. The molecule has 1 aromatic heterocycles. The van der Waals surface area contributed by atoms with E-state index in [9.17, 15) is 4.39 Å². The van der Waals surface area contributed by atoms with Crippen molar-refractivity contribution in [3.05, 3.63) is 47.0 Å². The number of guanidine groups is 1. The van der Waals surface area contributed by atoms with E-state index in [-0.39, 0.29) is 35.8 Å². The first kappa shape index (κ1) is 26.2. The molecule has 0 saturated carbocycles. The molecule has 1 unspecified atom stereocenters. The summed E-state index contributed by atoms with van der Waals surface area (Å²) in [6.07, 6.45) is 1.74. The molecule has 2 rings (SSSR count). The van der Waals surface area contributed by atoms with Crippen LogP contribution in [0.15, 0.2) is 29.3 Å². The highest BCUT2D eigenvalue weighted by molar-refractivity contribution is 14.0. The van der Waals surface area contributed by atoms with Crippen LogP contribution >= 0.6 is 24.0 Å². The molecule has 0 fully saturated rings. The maximum Gasteiger partial charge on any atom is 0.191 e. The van der Waals surface area contributed by atoms with Gasteiger partial charge in [-0.25, -0.2) is 4.39 Å². The third kappa shape index (κ3) is 7.45. The van der Waals surface area contributed by atoms with Gasteiger partial charge in [-0.2, -0.15) is 5.10 Å². The first-order chi connectivity index (χ1) is 13.8. The molecule has 0 saturated heterocycles. The van der Waals surface area contributed by atoms with Crippen LogP contribution in [0.1, 0.15) is 37.2 Å². The predicted octanol–water partition coefficient (Wildman–Crippen LogP) is 3.81. The molecule has 1 atom stereocenters. The zero-order valence-electron chi connectivity index (χ0n) is 19.0. The van der Waals surface area contributed by atoms with Crippen molar-refractivity contribution < 1.29 is 4.39 Å². The maximum atomic E-state index is 13.9. The number of aromatic nitrogens is 2. The van der Waals surface area contributed by atoms with Crippen molar-refractivity contribution in [1.29, 1.82) is 0 Å². The molecule has 1 aromatic carbocycles. The molecule has 6 nitrogen and oxygen atoms in total. The van der Waals surface area contributed by atoms with Crippen LogP contribution in [0.4, 0.5) is 10.1 Å². The number of hydrogen-bond acceptors (Lipinski definition) is 3. The summed E-state index contributed by atoms with van der Waals surface area (Å²) in [5.41, 5.74) is 4.19. The second-order valence-electron chi connectivity index (χ2n) is 7.51. The maximum absolute atomic E-state index is 13.9. The number of anilines is 1. The van der Waals surface area contributed by atoms with E-state index >= 15 is 0 Å². The second-order valence-corrected chi connectivity index (χ2v) is 7.51. The van der Waals surface area contributed by atoms with Crippen molar-refractivity contribution in [3.63, 3.8) is 0 Å². The van der Waals surface area contributed by atoms with Crippen LogP contribution in [0.2, 0.25) is 0 Å². The average Bonchev–Trinajstić information content (AvgIpc) is 2.91. The van der Waals surface area contributed by atoms with E-state index in [1.54, 1.807) is 12.1 Å². The van der Waals surface area contributed by atoms with Crippen LogP contribution in [0.5, 0.6) is 0 Å². The molecule has 0 spiro atoms. The number of halogens is 2. The molecule has 30 heavy (non-hydrogen) atoms. The summed E-state index contributed by atoms with van der Waals surface area (Å²) < 4.78 is 15.8. The standard InChI is InChI=1S/C22H35FN6.HI/c1-7-24-22(26-16(2)15-19-17(3)27-29(6)18(19)4)25-13-10-14-28(5)21-12-9-8-11-20(21)23;/h8-9,11-12,16H,7,10,13-15H2,1-6H3,(H2,24,25,26);1H. The lowest BCUT2D eigenvalue weighted by Crippen LogP contribution is -2.43. The van der Waals surface area contributed by atoms with E-state index in [0.29, 0.717) is 12.2 Å². The minimum absolute atomic E-state index is 0. The van der Waals surface area contributed by atoms with Crippen molar-refractivity contribution in [2.24, 2.45) is 12.0 Å². The number of aryl methyl sites for hydroxylation is 2. The molecule has 0 radical (unpaired) electrons. The Bertz CT molecular complexity index is 820. The third-order valence-corrected chi connectivity index (χ3v) is 5.08. The number of benzene rings is 1. The summed E-state index contributed by atoms with van der Waals surface area (Å²) in [5, 5.41) is 11.3. The van der Waals surface area contributed by atoms with Crippen LogP contribution < -0.4 is 15.5 Å². The SMILES string of the molecule is CCNC(=NCCCN(C)c1ccccc1F)NC(C)Cc1c(C)nn(C)c1C.I. The van der Waals surface area contributed by atoms with Gasteiger partial charge in [0.05, 0.1) is 11.4 Å². The number of nitrogens with one attached hydrogen (secondary N) is 2. The number of rotatable bonds is 9. The van der Waals surface area contributed by atoms with Crippen molar-refractivity contribution in [2.75, 3.05) is 31.6 Å². The summed E-state index contributed by atoms with van der Waals surface area (Å²) in [5.74, 6) is 0.621. The van der Waals surface area contributed by atoms with E-state index in [4.69, 9.17) is 0 Å². The lowest BCUT2D eigenvalue weighted by atomic mass is 10.1. The van der Waals surface area contributed by atoms with Gasteiger partial charge in [0.1, 0.15) is 5.82 Å². The molecule has 0 aliphatic carbocycles. The largest absolute Gasteiger partial charge is 0.372 e. The molecule has 8 heteroatoms. The Morgan fingerprint density at radius 2 is 2.00 bits per heavy atom. The highest BCUT2D eigenvalue weighted by Crippen LogP contribution is 2.17. The Morgan fingerprint density at radius 3 is 2.60 bits per heavy atom.